The lowest BCUT2D eigenvalue weighted by atomic mass is 9.83. The number of likely N-dealkylation sites (N-methyl/N-ethyl adjacent to an activating group) is 1. The van der Waals surface area contributed by atoms with Crippen molar-refractivity contribution in [3.8, 4) is 0 Å². The third kappa shape index (κ3) is 4.26. The molecule has 0 radical (unpaired) electrons. The topological polar surface area (TPSA) is 67.4 Å². The van der Waals surface area contributed by atoms with Crippen LogP contribution in [-0.2, 0) is 14.9 Å². The number of para-hydroxylation sites is 1. The highest BCUT2D eigenvalue weighted by Crippen LogP contribution is 2.46. The van der Waals surface area contributed by atoms with Crippen LogP contribution < -0.4 is 10.2 Å². The van der Waals surface area contributed by atoms with Crippen LogP contribution in [-0.4, -0.2) is 47.5 Å². The lowest BCUT2D eigenvalue weighted by Crippen LogP contribution is -2.25. The molecule has 1 saturated heterocycles. The first-order valence-electron chi connectivity index (χ1n) is 10.3. The predicted octanol–water partition coefficient (Wildman–Crippen LogP) is 4.49. The Hall–Kier alpha value is -1.90. The molecule has 0 aliphatic carbocycles. The number of allylic oxidation sites excluding steroid dienone is 2. The molecule has 3 heterocycles. The van der Waals surface area contributed by atoms with Gasteiger partial charge >= 0.3 is 0 Å². The Morgan fingerprint density at radius 2 is 2.23 bits per heavy atom. The lowest BCUT2D eigenvalue weighted by Gasteiger charge is -2.24. The van der Waals surface area contributed by atoms with Gasteiger partial charge in [-0.1, -0.05) is 55.1 Å². The minimum atomic E-state index is -0.232. The van der Waals surface area contributed by atoms with E-state index in [1.165, 1.54) is 28.7 Å². The number of benzene rings is 1. The van der Waals surface area contributed by atoms with E-state index in [0.29, 0.717) is 0 Å². The number of fused-ring (bicyclic) bond motifs is 1. The number of aromatic nitrogens is 2. The zero-order chi connectivity index (χ0) is 21.3. The smallest absolute Gasteiger partial charge is 0.206 e. The lowest BCUT2D eigenvalue weighted by molar-refractivity contribution is -0.113. The van der Waals surface area contributed by atoms with Gasteiger partial charge in [-0.3, -0.25) is 4.79 Å². The van der Waals surface area contributed by atoms with Crippen LogP contribution in [0.3, 0.4) is 0 Å². The molecule has 1 fully saturated rings. The number of ether oxygens (including phenoxy) is 1. The van der Waals surface area contributed by atoms with E-state index in [9.17, 15) is 4.79 Å². The van der Waals surface area contributed by atoms with Crippen LogP contribution in [0.25, 0.3) is 0 Å². The van der Waals surface area contributed by atoms with E-state index in [0.717, 1.165) is 46.8 Å². The van der Waals surface area contributed by atoms with Gasteiger partial charge in [0.1, 0.15) is 0 Å². The fourth-order valence-corrected chi connectivity index (χ4v) is 5.98. The van der Waals surface area contributed by atoms with Crippen LogP contribution in [0.1, 0.15) is 39.2 Å². The standard InChI is InChI=1S/C22H28N4O2S2/c1-14(29-21-25-24-20(30-21)23-13-15-8-7-11-28-15)18(27)12-19-22(2,3)16-9-5-6-10-17(16)26(19)4/h5-6,9-10,12,14-15H,7-8,11,13H2,1-4H3,(H,23,24)/b19-12-. The van der Waals surface area contributed by atoms with E-state index < -0.39 is 0 Å². The summed E-state index contributed by atoms with van der Waals surface area (Å²) in [6.45, 7) is 7.86. The second kappa shape index (κ2) is 8.69. The SMILES string of the molecule is CC(Sc1nnc(NCC2CCCO2)s1)C(=O)/C=C1\N(C)c2ccccc2C1(C)C. The largest absolute Gasteiger partial charge is 0.376 e. The van der Waals surface area contributed by atoms with Gasteiger partial charge in [0.15, 0.2) is 10.1 Å². The van der Waals surface area contributed by atoms with E-state index >= 15 is 0 Å². The summed E-state index contributed by atoms with van der Waals surface area (Å²) in [5.41, 5.74) is 3.23. The number of nitrogens with one attached hydrogen (secondary N) is 1. The third-order valence-corrected chi connectivity index (χ3v) is 7.89. The predicted molar refractivity (Wildman–Crippen MR) is 124 cm³/mol. The molecule has 6 nitrogen and oxygen atoms in total. The molecule has 8 heteroatoms. The van der Waals surface area contributed by atoms with Crippen molar-refractivity contribution in [1.82, 2.24) is 10.2 Å². The summed E-state index contributed by atoms with van der Waals surface area (Å²) in [7, 11) is 2.03. The fraction of sp³-hybridized carbons (Fsp3) is 0.500. The van der Waals surface area contributed by atoms with E-state index in [1.807, 2.05) is 20.0 Å². The quantitative estimate of drug-likeness (QED) is 0.498. The number of hydrogen-bond acceptors (Lipinski definition) is 8. The van der Waals surface area contributed by atoms with Crippen molar-refractivity contribution in [1.29, 1.82) is 0 Å². The van der Waals surface area contributed by atoms with E-state index in [1.54, 1.807) is 6.08 Å². The summed E-state index contributed by atoms with van der Waals surface area (Å²) in [4.78, 5) is 15.1. The molecule has 2 unspecified atom stereocenters. The molecular weight excluding hydrogens is 416 g/mol. The van der Waals surface area contributed by atoms with Crippen molar-refractivity contribution in [3.05, 3.63) is 41.6 Å². The average Bonchev–Trinajstić information content (AvgIpc) is 3.44. The summed E-state index contributed by atoms with van der Waals surface area (Å²) < 4.78 is 6.42. The van der Waals surface area contributed by atoms with Gasteiger partial charge in [-0.25, -0.2) is 0 Å². The first kappa shape index (κ1) is 21.3. The van der Waals surface area contributed by atoms with Crippen LogP contribution in [0.15, 0.2) is 40.4 Å². The highest BCUT2D eigenvalue weighted by Gasteiger charge is 2.38. The summed E-state index contributed by atoms with van der Waals surface area (Å²) >= 11 is 2.95. The molecule has 4 rings (SSSR count). The van der Waals surface area contributed by atoms with Crippen LogP contribution in [0.2, 0.25) is 0 Å². The molecule has 2 aliphatic heterocycles. The van der Waals surface area contributed by atoms with Gasteiger partial charge in [-0.2, -0.15) is 0 Å². The minimum Gasteiger partial charge on any atom is -0.376 e. The Bertz CT molecular complexity index is 950. The van der Waals surface area contributed by atoms with Crippen LogP contribution in [0.4, 0.5) is 10.8 Å². The summed E-state index contributed by atoms with van der Waals surface area (Å²) in [6, 6.07) is 8.33. The van der Waals surface area contributed by atoms with Gasteiger partial charge in [0, 0.05) is 43.1 Å². The normalized spacial score (nSPS) is 22.3. The number of carbonyl (C=O) groups excluding carboxylic acids is 1. The zero-order valence-corrected chi connectivity index (χ0v) is 19.5. The van der Waals surface area contributed by atoms with E-state index in [2.05, 4.69) is 52.5 Å². The van der Waals surface area contributed by atoms with Crippen molar-refractivity contribution in [3.63, 3.8) is 0 Å². The minimum absolute atomic E-state index is 0.0896. The van der Waals surface area contributed by atoms with Gasteiger partial charge in [0.05, 0.1) is 11.4 Å². The number of ketones is 1. The van der Waals surface area contributed by atoms with Crippen molar-refractivity contribution in [2.45, 2.75) is 54.7 Å². The molecule has 0 bridgehead atoms. The highest BCUT2D eigenvalue weighted by atomic mass is 32.2. The monoisotopic (exact) mass is 444 g/mol. The van der Waals surface area contributed by atoms with E-state index in [4.69, 9.17) is 4.74 Å². The van der Waals surface area contributed by atoms with Gasteiger partial charge in [0.2, 0.25) is 5.13 Å². The number of carbonyl (C=O) groups is 1. The highest BCUT2D eigenvalue weighted by molar-refractivity contribution is 8.02. The Morgan fingerprint density at radius 3 is 2.97 bits per heavy atom. The Kier molecular flexibility index (Phi) is 6.18. The summed E-state index contributed by atoms with van der Waals surface area (Å²) in [6.07, 6.45) is 4.26. The number of anilines is 2. The third-order valence-electron chi connectivity index (χ3n) is 5.81. The molecule has 1 N–H and O–H groups in total. The molecule has 2 aromatic rings. The summed E-state index contributed by atoms with van der Waals surface area (Å²) in [5.74, 6) is 0.0896. The fourth-order valence-electron chi connectivity index (χ4n) is 4.06. The van der Waals surface area contributed by atoms with Crippen molar-refractivity contribution >= 4 is 39.7 Å². The van der Waals surface area contributed by atoms with Gasteiger partial charge < -0.3 is 15.0 Å². The average molecular weight is 445 g/mol. The first-order chi connectivity index (χ1) is 14.4. The molecule has 30 heavy (non-hydrogen) atoms. The molecule has 1 aromatic carbocycles. The second-order valence-electron chi connectivity index (χ2n) is 8.28. The molecule has 0 saturated carbocycles. The second-order valence-corrected chi connectivity index (χ2v) is 10.8. The van der Waals surface area contributed by atoms with Crippen LogP contribution in [0, 0.1) is 0 Å². The Labute approximate surface area is 186 Å². The maximum absolute atomic E-state index is 13.0. The Morgan fingerprint density at radius 1 is 1.43 bits per heavy atom. The van der Waals surface area contributed by atoms with Crippen molar-refractivity contribution < 1.29 is 9.53 Å². The Balaban J connectivity index is 1.39. The van der Waals surface area contributed by atoms with Crippen LogP contribution in [0.5, 0.6) is 0 Å². The van der Waals surface area contributed by atoms with Gasteiger partial charge in [0.25, 0.3) is 0 Å². The maximum Gasteiger partial charge on any atom is 0.206 e. The summed E-state index contributed by atoms with van der Waals surface area (Å²) in [5, 5.41) is 12.3. The molecular formula is C22H28N4O2S2. The molecule has 0 amide bonds. The van der Waals surface area contributed by atoms with Gasteiger partial charge in [-0.05, 0) is 31.4 Å². The maximum atomic E-state index is 13.0. The van der Waals surface area contributed by atoms with E-state index in [-0.39, 0.29) is 22.6 Å². The molecule has 2 atom stereocenters. The molecule has 160 valence electrons. The number of hydrogen-bond donors (Lipinski definition) is 1. The number of rotatable bonds is 7. The van der Waals surface area contributed by atoms with Crippen LogP contribution >= 0.6 is 23.1 Å². The first-order valence-corrected chi connectivity index (χ1v) is 12.0. The van der Waals surface area contributed by atoms with Gasteiger partial charge in [-0.15, -0.1) is 10.2 Å². The number of nitrogens with zero attached hydrogens (tertiary/aromatic N) is 3. The molecule has 2 aliphatic rings. The van der Waals surface area contributed by atoms with Crippen molar-refractivity contribution in [2.75, 3.05) is 30.4 Å². The zero-order valence-electron chi connectivity index (χ0n) is 17.8. The number of thioether (sulfide) groups is 1. The molecule has 0 spiro atoms. The molecule has 1 aromatic heterocycles. The van der Waals surface area contributed by atoms with Crippen molar-refractivity contribution in [2.24, 2.45) is 0 Å².